The quantitative estimate of drug-likeness (QED) is 0.774. The van der Waals surface area contributed by atoms with Gasteiger partial charge < -0.3 is 0 Å². The number of fused-ring (bicyclic) bond motifs is 1. The van der Waals surface area contributed by atoms with Crippen LogP contribution in [-0.4, -0.2) is 28.3 Å². The van der Waals surface area contributed by atoms with E-state index in [9.17, 15) is 4.79 Å². The summed E-state index contributed by atoms with van der Waals surface area (Å²) in [5.74, 6) is 3.51. The maximum Gasteiger partial charge on any atom is 0.176 e. The fraction of sp³-hybridized carbons (Fsp3) is 0.267. The molecular weight excluding hydrogens is 260 g/mol. The van der Waals surface area contributed by atoms with Gasteiger partial charge in [0.2, 0.25) is 0 Å². The molecular formula is C15H14OS2. The minimum atomic E-state index is 0.143. The van der Waals surface area contributed by atoms with E-state index in [1.165, 1.54) is 11.1 Å². The van der Waals surface area contributed by atoms with Crippen LogP contribution in [0.3, 0.4) is 0 Å². The Bertz CT molecular complexity index is 573. The number of carbonyl (C=O) groups is 1. The van der Waals surface area contributed by atoms with Crippen LogP contribution in [0.1, 0.15) is 10.4 Å². The molecule has 0 N–H and O–H groups in total. The fourth-order valence-electron chi connectivity index (χ4n) is 2.17. The van der Waals surface area contributed by atoms with E-state index < -0.39 is 0 Å². The Labute approximate surface area is 115 Å². The average Bonchev–Trinajstić information content (AvgIpc) is 2.47. The van der Waals surface area contributed by atoms with Crippen molar-refractivity contribution in [1.29, 1.82) is 0 Å². The number of carbonyl (C=O) groups excluding carboxylic acids is 1. The molecule has 1 fully saturated rings. The van der Waals surface area contributed by atoms with Crippen molar-refractivity contribution in [2.24, 2.45) is 0 Å². The Hall–Kier alpha value is -0.930. The first-order valence-electron chi connectivity index (χ1n) is 6.07. The third kappa shape index (κ3) is 2.43. The summed E-state index contributed by atoms with van der Waals surface area (Å²) in [6.45, 7) is 0. The first kappa shape index (κ1) is 12.1. The number of rotatable bonds is 2. The largest absolute Gasteiger partial charge is 0.293 e. The molecule has 2 aromatic rings. The lowest BCUT2D eigenvalue weighted by atomic mass is 10.0. The van der Waals surface area contributed by atoms with Gasteiger partial charge in [-0.2, -0.15) is 11.8 Å². The highest BCUT2D eigenvalue weighted by Gasteiger charge is 2.23. The van der Waals surface area contributed by atoms with E-state index in [2.05, 4.69) is 12.1 Å². The standard InChI is InChI=1S/C15H14OS2/c16-15(14-10-17-7-8-18-14)13-6-5-11-3-1-2-4-12(11)9-13/h1-6,9,14H,7-8,10H2. The summed E-state index contributed by atoms with van der Waals surface area (Å²) in [6.07, 6.45) is 0. The molecule has 18 heavy (non-hydrogen) atoms. The van der Waals surface area contributed by atoms with Crippen molar-refractivity contribution in [3.8, 4) is 0 Å². The molecule has 1 aliphatic rings. The molecule has 1 nitrogen and oxygen atoms in total. The molecule has 92 valence electrons. The van der Waals surface area contributed by atoms with E-state index >= 15 is 0 Å². The van der Waals surface area contributed by atoms with Gasteiger partial charge in [-0.05, 0) is 16.8 Å². The molecule has 1 unspecified atom stereocenters. The SMILES string of the molecule is O=C(c1ccc2ccccc2c1)C1CSCCS1. The van der Waals surface area contributed by atoms with Crippen LogP contribution in [0.2, 0.25) is 0 Å². The molecule has 0 saturated carbocycles. The number of Topliss-reactive ketones (excluding diaryl/α,β-unsaturated/α-hetero) is 1. The van der Waals surface area contributed by atoms with Gasteiger partial charge in [0.05, 0.1) is 5.25 Å². The summed E-state index contributed by atoms with van der Waals surface area (Å²) < 4.78 is 0. The zero-order valence-corrected chi connectivity index (χ0v) is 11.6. The summed E-state index contributed by atoms with van der Waals surface area (Å²) in [5, 5.41) is 2.49. The topological polar surface area (TPSA) is 17.1 Å². The van der Waals surface area contributed by atoms with Gasteiger partial charge in [0.15, 0.2) is 5.78 Å². The van der Waals surface area contributed by atoms with E-state index in [1.807, 2.05) is 42.1 Å². The maximum atomic E-state index is 12.4. The van der Waals surface area contributed by atoms with Gasteiger partial charge in [-0.3, -0.25) is 4.79 Å². The third-order valence-electron chi connectivity index (χ3n) is 3.14. The van der Waals surface area contributed by atoms with Crippen molar-refractivity contribution in [2.45, 2.75) is 5.25 Å². The van der Waals surface area contributed by atoms with Crippen molar-refractivity contribution in [2.75, 3.05) is 17.3 Å². The molecule has 1 aliphatic heterocycles. The van der Waals surface area contributed by atoms with Gasteiger partial charge in [-0.15, -0.1) is 11.8 Å². The number of benzene rings is 2. The van der Waals surface area contributed by atoms with Crippen molar-refractivity contribution in [1.82, 2.24) is 0 Å². The van der Waals surface area contributed by atoms with Crippen LogP contribution in [0, 0.1) is 0 Å². The van der Waals surface area contributed by atoms with Gasteiger partial charge in [0, 0.05) is 22.8 Å². The molecule has 0 aromatic heterocycles. The monoisotopic (exact) mass is 274 g/mol. The van der Waals surface area contributed by atoms with Gasteiger partial charge in [-0.1, -0.05) is 36.4 Å². The molecule has 1 heterocycles. The highest BCUT2D eigenvalue weighted by atomic mass is 32.2. The molecule has 0 spiro atoms. The van der Waals surface area contributed by atoms with Crippen LogP contribution in [-0.2, 0) is 0 Å². The molecule has 0 aliphatic carbocycles. The predicted octanol–water partition coefficient (Wildman–Crippen LogP) is 3.87. The zero-order chi connectivity index (χ0) is 12.4. The van der Waals surface area contributed by atoms with Crippen LogP contribution in [0.4, 0.5) is 0 Å². The van der Waals surface area contributed by atoms with E-state index in [0.717, 1.165) is 22.5 Å². The molecule has 1 atom stereocenters. The second kappa shape index (κ2) is 5.37. The minimum absolute atomic E-state index is 0.143. The maximum absolute atomic E-state index is 12.4. The van der Waals surface area contributed by atoms with Crippen molar-refractivity contribution in [3.05, 3.63) is 48.0 Å². The van der Waals surface area contributed by atoms with Crippen LogP contribution in [0.5, 0.6) is 0 Å². The molecule has 2 aromatic carbocycles. The van der Waals surface area contributed by atoms with Crippen LogP contribution >= 0.6 is 23.5 Å². The summed E-state index contributed by atoms with van der Waals surface area (Å²) in [6, 6.07) is 14.2. The molecule has 3 rings (SSSR count). The van der Waals surface area contributed by atoms with Crippen LogP contribution in [0.25, 0.3) is 10.8 Å². The van der Waals surface area contributed by atoms with Crippen molar-refractivity contribution >= 4 is 40.1 Å². The van der Waals surface area contributed by atoms with E-state index in [1.54, 1.807) is 11.8 Å². The van der Waals surface area contributed by atoms with Crippen LogP contribution < -0.4 is 0 Å². The second-order valence-corrected chi connectivity index (χ2v) is 6.82. The summed E-state index contributed by atoms with van der Waals surface area (Å²) in [7, 11) is 0. The summed E-state index contributed by atoms with van der Waals surface area (Å²) in [5.41, 5.74) is 0.855. The lowest BCUT2D eigenvalue weighted by molar-refractivity contribution is 0.0995. The predicted molar refractivity (Wildman–Crippen MR) is 81.8 cm³/mol. The highest BCUT2D eigenvalue weighted by molar-refractivity contribution is 8.07. The molecule has 1 saturated heterocycles. The Morgan fingerprint density at radius 2 is 1.89 bits per heavy atom. The zero-order valence-electron chi connectivity index (χ0n) is 9.96. The lowest BCUT2D eigenvalue weighted by Gasteiger charge is -2.19. The Balaban J connectivity index is 1.91. The first-order valence-corrected chi connectivity index (χ1v) is 8.27. The van der Waals surface area contributed by atoms with Crippen LogP contribution in [0.15, 0.2) is 42.5 Å². The normalized spacial score (nSPS) is 19.9. The minimum Gasteiger partial charge on any atom is -0.293 e. The average molecular weight is 274 g/mol. The molecule has 3 heteroatoms. The lowest BCUT2D eigenvalue weighted by Crippen LogP contribution is -2.24. The fourth-order valence-corrected chi connectivity index (χ4v) is 4.80. The van der Waals surface area contributed by atoms with E-state index in [0.29, 0.717) is 0 Å². The second-order valence-electron chi connectivity index (χ2n) is 4.36. The van der Waals surface area contributed by atoms with Gasteiger partial charge in [0.25, 0.3) is 0 Å². The molecule has 0 radical (unpaired) electrons. The Morgan fingerprint density at radius 3 is 2.67 bits per heavy atom. The Kier molecular flexibility index (Phi) is 3.62. The van der Waals surface area contributed by atoms with Gasteiger partial charge in [0.1, 0.15) is 0 Å². The summed E-state index contributed by atoms with van der Waals surface area (Å²) >= 11 is 3.69. The van der Waals surface area contributed by atoms with E-state index in [4.69, 9.17) is 0 Å². The van der Waals surface area contributed by atoms with Crippen molar-refractivity contribution in [3.63, 3.8) is 0 Å². The number of hydrogen-bond donors (Lipinski definition) is 0. The van der Waals surface area contributed by atoms with Crippen molar-refractivity contribution < 1.29 is 4.79 Å². The molecule has 0 bridgehead atoms. The highest BCUT2D eigenvalue weighted by Crippen LogP contribution is 2.27. The van der Waals surface area contributed by atoms with E-state index in [-0.39, 0.29) is 11.0 Å². The van der Waals surface area contributed by atoms with Gasteiger partial charge >= 0.3 is 0 Å². The Morgan fingerprint density at radius 1 is 1.06 bits per heavy atom. The smallest absolute Gasteiger partial charge is 0.176 e. The first-order chi connectivity index (χ1) is 8.84. The number of thioether (sulfide) groups is 2. The summed E-state index contributed by atoms with van der Waals surface area (Å²) in [4.78, 5) is 12.4. The number of ketones is 1. The third-order valence-corrected chi connectivity index (χ3v) is 5.90. The molecule has 0 amide bonds. The van der Waals surface area contributed by atoms with Gasteiger partial charge in [-0.25, -0.2) is 0 Å². The number of hydrogen-bond acceptors (Lipinski definition) is 3.